The second-order valence-electron chi connectivity index (χ2n) is 5.81. The topological polar surface area (TPSA) is 68.8 Å². The zero-order chi connectivity index (χ0) is 18.2. The maximum absolute atomic E-state index is 13.0. The molecule has 0 saturated heterocycles. The summed E-state index contributed by atoms with van der Waals surface area (Å²) in [5.41, 5.74) is 0.679. The van der Waals surface area contributed by atoms with Gasteiger partial charge in [-0.05, 0) is 19.4 Å². The first-order chi connectivity index (χ1) is 11.8. The first-order valence-electron chi connectivity index (χ1n) is 7.88. The molecule has 0 amide bonds. The molecule has 0 fully saturated rings. The van der Waals surface area contributed by atoms with Crippen LogP contribution in [0.15, 0.2) is 16.7 Å². The van der Waals surface area contributed by atoms with Crippen LogP contribution in [0.3, 0.4) is 0 Å². The number of anilines is 1. The summed E-state index contributed by atoms with van der Waals surface area (Å²) in [6.07, 6.45) is -1.40. The highest BCUT2D eigenvalue weighted by Gasteiger charge is 2.37. The highest BCUT2D eigenvalue weighted by atomic mass is 19.4. The van der Waals surface area contributed by atoms with E-state index >= 15 is 0 Å². The first-order valence-corrected chi connectivity index (χ1v) is 7.88. The molecule has 6 nitrogen and oxygen atoms in total. The van der Waals surface area contributed by atoms with Gasteiger partial charge in [-0.2, -0.15) is 18.3 Å². The Bertz CT molecular complexity index is 897. The SMILES string of the molecule is CCCc1nc(NCc2cc(C)oc2C(F)(F)F)c2cnn(C)c2n1. The van der Waals surface area contributed by atoms with E-state index in [1.807, 2.05) is 6.92 Å². The van der Waals surface area contributed by atoms with Crippen molar-refractivity contribution in [3.8, 4) is 0 Å². The highest BCUT2D eigenvalue weighted by Crippen LogP contribution is 2.34. The van der Waals surface area contributed by atoms with Crippen molar-refractivity contribution >= 4 is 16.9 Å². The van der Waals surface area contributed by atoms with Crippen molar-refractivity contribution in [1.82, 2.24) is 19.7 Å². The molecule has 0 aliphatic rings. The Morgan fingerprint density at radius 3 is 2.72 bits per heavy atom. The van der Waals surface area contributed by atoms with Crippen molar-refractivity contribution in [3.63, 3.8) is 0 Å². The Morgan fingerprint density at radius 2 is 2.04 bits per heavy atom. The summed E-state index contributed by atoms with van der Waals surface area (Å²) in [4.78, 5) is 8.88. The number of aromatic nitrogens is 4. The van der Waals surface area contributed by atoms with E-state index in [4.69, 9.17) is 4.42 Å². The number of alkyl halides is 3. The third-order valence-corrected chi connectivity index (χ3v) is 3.75. The zero-order valence-electron chi connectivity index (χ0n) is 14.1. The number of rotatable bonds is 5. The van der Waals surface area contributed by atoms with Gasteiger partial charge in [0.25, 0.3) is 0 Å². The molecule has 0 radical (unpaired) electrons. The molecule has 9 heteroatoms. The van der Waals surface area contributed by atoms with Gasteiger partial charge in [0.15, 0.2) is 5.65 Å². The fraction of sp³-hybridized carbons (Fsp3) is 0.438. The predicted molar refractivity (Wildman–Crippen MR) is 86.1 cm³/mol. The molecule has 3 heterocycles. The van der Waals surface area contributed by atoms with E-state index in [9.17, 15) is 13.2 Å². The lowest BCUT2D eigenvalue weighted by Gasteiger charge is -2.10. The molecule has 0 atom stereocenters. The Balaban J connectivity index is 1.94. The summed E-state index contributed by atoms with van der Waals surface area (Å²) in [7, 11) is 1.76. The lowest BCUT2D eigenvalue weighted by molar-refractivity contribution is -0.154. The minimum atomic E-state index is -4.53. The van der Waals surface area contributed by atoms with E-state index in [0.717, 1.165) is 6.42 Å². The molecule has 0 bridgehead atoms. The van der Waals surface area contributed by atoms with Gasteiger partial charge in [-0.25, -0.2) is 9.97 Å². The summed E-state index contributed by atoms with van der Waals surface area (Å²) in [6.45, 7) is 3.44. The van der Waals surface area contributed by atoms with Crippen LogP contribution in [0.2, 0.25) is 0 Å². The molecule has 0 aliphatic carbocycles. The molecular formula is C16H18F3N5O. The quantitative estimate of drug-likeness (QED) is 0.755. The summed E-state index contributed by atoms with van der Waals surface area (Å²) >= 11 is 0. The highest BCUT2D eigenvalue weighted by molar-refractivity contribution is 5.86. The van der Waals surface area contributed by atoms with Gasteiger partial charge in [0.2, 0.25) is 5.76 Å². The molecule has 0 unspecified atom stereocenters. The van der Waals surface area contributed by atoms with Crippen molar-refractivity contribution in [2.24, 2.45) is 7.05 Å². The third-order valence-electron chi connectivity index (χ3n) is 3.75. The normalized spacial score (nSPS) is 12.1. The summed E-state index contributed by atoms with van der Waals surface area (Å²) < 4.78 is 45.6. The van der Waals surface area contributed by atoms with Crippen molar-refractivity contribution in [2.75, 3.05) is 5.32 Å². The van der Waals surface area contributed by atoms with Crippen LogP contribution >= 0.6 is 0 Å². The molecule has 3 rings (SSSR count). The second-order valence-corrected chi connectivity index (χ2v) is 5.81. The van der Waals surface area contributed by atoms with Gasteiger partial charge >= 0.3 is 6.18 Å². The van der Waals surface area contributed by atoms with E-state index in [1.165, 1.54) is 13.0 Å². The average Bonchev–Trinajstić information content (AvgIpc) is 3.09. The van der Waals surface area contributed by atoms with Gasteiger partial charge < -0.3 is 9.73 Å². The number of nitrogens with one attached hydrogen (secondary N) is 1. The first kappa shape index (κ1) is 17.2. The van der Waals surface area contributed by atoms with Crippen molar-refractivity contribution in [1.29, 1.82) is 0 Å². The van der Waals surface area contributed by atoms with Gasteiger partial charge in [-0.3, -0.25) is 4.68 Å². The van der Waals surface area contributed by atoms with E-state index < -0.39 is 11.9 Å². The smallest absolute Gasteiger partial charge is 0.449 e. The Labute approximate surface area is 142 Å². The standard InChI is InChI=1S/C16H18F3N5O/c1-4-5-12-22-14(11-8-21-24(3)15(11)23-12)20-7-10-6-9(2)25-13(10)16(17,18)19/h6,8H,4-5,7H2,1-3H3,(H,20,22,23). The molecule has 1 N–H and O–H groups in total. The number of hydrogen-bond acceptors (Lipinski definition) is 5. The van der Waals surface area contributed by atoms with Gasteiger partial charge in [0.1, 0.15) is 17.4 Å². The number of aryl methyl sites for hydroxylation is 3. The van der Waals surface area contributed by atoms with E-state index in [1.54, 1.807) is 17.9 Å². The van der Waals surface area contributed by atoms with Crippen molar-refractivity contribution < 1.29 is 17.6 Å². The number of furan rings is 1. The maximum atomic E-state index is 13.0. The van der Waals surface area contributed by atoms with Gasteiger partial charge in [0.05, 0.1) is 11.6 Å². The largest absolute Gasteiger partial charge is 0.456 e. The van der Waals surface area contributed by atoms with Gasteiger partial charge in [-0.1, -0.05) is 6.92 Å². The summed E-state index contributed by atoms with van der Waals surface area (Å²) in [5, 5.41) is 7.79. The van der Waals surface area contributed by atoms with Crippen LogP contribution in [0.4, 0.5) is 19.0 Å². The van der Waals surface area contributed by atoms with Crippen LogP contribution in [0.25, 0.3) is 11.0 Å². The molecule has 0 aliphatic heterocycles. The molecule has 134 valence electrons. The molecular weight excluding hydrogens is 335 g/mol. The number of nitrogens with zero attached hydrogens (tertiary/aromatic N) is 4. The lowest BCUT2D eigenvalue weighted by Crippen LogP contribution is -2.11. The van der Waals surface area contributed by atoms with Crippen LogP contribution < -0.4 is 5.32 Å². The second kappa shape index (κ2) is 6.38. The van der Waals surface area contributed by atoms with Crippen LogP contribution in [-0.4, -0.2) is 19.7 Å². The lowest BCUT2D eigenvalue weighted by atomic mass is 10.2. The molecule has 25 heavy (non-hydrogen) atoms. The number of fused-ring (bicyclic) bond motifs is 1. The maximum Gasteiger partial charge on any atom is 0.449 e. The van der Waals surface area contributed by atoms with Gasteiger partial charge in [0, 0.05) is 25.6 Å². The summed E-state index contributed by atoms with van der Waals surface area (Å²) in [6, 6.07) is 1.38. The number of halogens is 3. The Kier molecular flexibility index (Phi) is 4.40. The van der Waals surface area contributed by atoms with E-state index in [-0.39, 0.29) is 17.9 Å². The monoisotopic (exact) mass is 353 g/mol. The van der Waals surface area contributed by atoms with Crippen molar-refractivity contribution in [2.45, 2.75) is 39.4 Å². The van der Waals surface area contributed by atoms with E-state index in [0.29, 0.717) is 29.1 Å². The molecule has 3 aromatic heterocycles. The Hall–Kier alpha value is -2.58. The fourth-order valence-corrected chi connectivity index (χ4v) is 2.65. The molecule has 0 aromatic carbocycles. The van der Waals surface area contributed by atoms with Crippen molar-refractivity contribution in [3.05, 3.63) is 35.2 Å². The zero-order valence-corrected chi connectivity index (χ0v) is 14.1. The minimum absolute atomic E-state index is 0.0395. The third kappa shape index (κ3) is 3.45. The molecule has 0 saturated carbocycles. The molecule has 0 spiro atoms. The Morgan fingerprint density at radius 1 is 1.28 bits per heavy atom. The number of hydrogen-bond donors (Lipinski definition) is 1. The molecule has 3 aromatic rings. The predicted octanol–water partition coefficient (Wildman–Crippen LogP) is 3.85. The van der Waals surface area contributed by atoms with Crippen LogP contribution in [0.5, 0.6) is 0 Å². The van der Waals surface area contributed by atoms with Crippen LogP contribution in [-0.2, 0) is 26.2 Å². The summed E-state index contributed by atoms with van der Waals surface area (Å²) in [5.74, 6) is 0.321. The van der Waals surface area contributed by atoms with E-state index in [2.05, 4.69) is 20.4 Å². The minimum Gasteiger partial charge on any atom is -0.456 e. The fourth-order valence-electron chi connectivity index (χ4n) is 2.65. The van der Waals surface area contributed by atoms with Crippen LogP contribution in [0, 0.1) is 6.92 Å². The van der Waals surface area contributed by atoms with Crippen LogP contribution in [0.1, 0.15) is 36.3 Å². The average molecular weight is 353 g/mol. The van der Waals surface area contributed by atoms with Gasteiger partial charge in [-0.15, -0.1) is 0 Å².